The predicted molar refractivity (Wildman–Crippen MR) is 114 cm³/mol. The number of hydrogen-bond acceptors (Lipinski definition) is 4. The molecule has 29 heavy (non-hydrogen) atoms. The Hall–Kier alpha value is -2.57. The van der Waals surface area contributed by atoms with Crippen LogP contribution < -0.4 is 4.74 Å². The first-order chi connectivity index (χ1) is 13.4. The Balaban J connectivity index is 0.00000240. The highest BCUT2D eigenvalue weighted by molar-refractivity contribution is 5.94. The van der Waals surface area contributed by atoms with Crippen molar-refractivity contribution in [3.8, 4) is 5.75 Å². The highest BCUT2D eigenvalue weighted by atomic mass is 35.5. The number of carbonyl (C=O) groups is 1. The maximum absolute atomic E-state index is 12.6. The van der Waals surface area contributed by atoms with Gasteiger partial charge in [-0.3, -0.25) is 4.79 Å². The molecule has 0 saturated heterocycles. The lowest BCUT2D eigenvalue weighted by Crippen LogP contribution is -2.29. The van der Waals surface area contributed by atoms with E-state index in [4.69, 9.17) is 4.74 Å². The van der Waals surface area contributed by atoms with Gasteiger partial charge < -0.3 is 19.1 Å². The van der Waals surface area contributed by atoms with Crippen LogP contribution in [0.3, 0.4) is 0 Å². The van der Waals surface area contributed by atoms with Crippen LogP contribution in [0.1, 0.15) is 45.4 Å². The summed E-state index contributed by atoms with van der Waals surface area (Å²) in [5.74, 6) is 0.395. The molecule has 2 atom stereocenters. The van der Waals surface area contributed by atoms with Gasteiger partial charge in [-0.25, -0.2) is 4.98 Å². The third kappa shape index (κ3) is 3.70. The summed E-state index contributed by atoms with van der Waals surface area (Å²) in [4.78, 5) is 18.8. The van der Waals surface area contributed by atoms with E-state index in [0.717, 1.165) is 23.4 Å². The summed E-state index contributed by atoms with van der Waals surface area (Å²) in [5, 5.41) is 10.6. The van der Waals surface area contributed by atoms with Gasteiger partial charge in [-0.05, 0) is 43.9 Å². The highest BCUT2D eigenvalue weighted by Gasteiger charge is 2.31. The fraction of sp³-hybridized carbons (Fsp3) is 0.364. The Morgan fingerprint density at radius 1 is 1.28 bits per heavy atom. The number of ether oxygens (including phenoxy) is 1. The van der Waals surface area contributed by atoms with Crippen LogP contribution in [-0.2, 0) is 6.42 Å². The molecule has 3 aromatic rings. The summed E-state index contributed by atoms with van der Waals surface area (Å²) in [6.45, 7) is 3.90. The molecule has 1 aliphatic rings. The van der Waals surface area contributed by atoms with Crippen LogP contribution in [0.4, 0.5) is 0 Å². The molecule has 2 aromatic heterocycles. The van der Waals surface area contributed by atoms with Gasteiger partial charge in [0, 0.05) is 26.0 Å². The summed E-state index contributed by atoms with van der Waals surface area (Å²) >= 11 is 0. The van der Waals surface area contributed by atoms with Crippen molar-refractivity contribution >= 4 is 24.0 Å². The first kappa shape index (κ1) is 21.1. The number of aryl methyl sites for hydroxylation is 3. The number of halogens is 1. The van der Waals surface area contributed by atoms with E-state index in [9.17, 15) is 9.90 Å². The molecule has 0 spiro atoms. The van der Waals surface area contributed by atoms with Crippen molar-refractivity contribution in [3.63, 3.8) is 0 Å². The van der Waals surface area contributed by atoms with E-state index < -0.39 is 12.2 Å². The van der Waals surface area contributed by atoms with Gasteiger partial charge in [-0.1, -0.05) is 24.3 Å². The first-order valence-corrected chi connectivity index (χ1v) is 9.50. The van der Waals surface area contributed by atoms with Gasteiger partial charge in [0.1, 0.15) is 6.10 Å². The van der Waals surface area contributed by atoms with Crippen LogP contribution >= 0.6 is 12.4 Å². The molecule has 2 heterocycles. The number of carbonyl (C=O) groups excluding carboxylic acids is 1. The number of imidazole rings is 1. The van der Waals surface area contributed by atoms with Crippen molar-refractivity contribution < 1.29 is 14.6 Å². The summed E-state index contributed by atoms with van der Waals surface area (Å²) in [7, 11) is 3.44. The fourth-order valence-corrected chi connectivity index (χ4v) is 3.78. The van der Waals surface area contributed by atoms with Gasteiger partial charge in [-0.2, -0.15) is 0 Å². The second-order valence-corrected chi connectivity index (χ2v) is 7.61. The van der Waals surface area contributed by atoms with Gasteiger partial charge in [0.25, 0.3) is 5.91 Å². The number of benzene rings is 1. The van der Waals surface area contributed by atoms with Gasteiger partial charge >= 0.3 is 0 Å². The number of amides is 1. The average Bonchev–Trinajstić information content (AvgIpc) is 2.97. The van der Waals surface area contributed by atoms with Gasteiger partial charge in [0.2, 0.25) is 0 Å². The van der Waals surface area contributed by atoms with Gasteiger partial charge in [-0.15, -0.1) is 12.4 Å². The minimum Gasteiger partial charge on any atom is -0.479 e. The van der Waals surface area contributed by atoms with E-state index in [1.54, 1.807) is 26.4 Å². The number of fused-ring (bicyclic) bond motifs is 2. The van der Waals surface area contributed by atoms with Gasteiger partial charge in [0.05, 0.1) is 17.4 Å². The maximum Gasteiger partial charge on any atom is 0.254 e. The van der Waals surface area contributed by atoms with Crippen molar-refractivity contribution in [1.29, 1.82) is 0 Å². The zero-order valence-corrected chi connectivity index (χ0v) is 17.9. The molecule has 0 radical (unpaired) electrons. The SMILES string of the molecule is Cc1nc2c(OC3c4ccccc4CCC3O)cc(C(=O)N(C)C)cn2c1C.Cl. The zero-order chi connectivity index (χ0) is 20.0. The minimum absolute atomic E-state index is 0. The van der Waals surface area contributed by atoms with Crippen molar-refractivity contribution in [3.05, 3.63) is 64.6 Å². The van der Waals surface area contributed by atoms with E-state index in [2.05, 4.69) is 11.1 Å². The number of nitrogens with zero attached hydrogens (tertiary/aromatic N) is 3. The van der Waals surface area contributed by atoms with E-state index in [1.165, 1.54) is 10.5 Å². The number of rotatable bonds is 3. The molecule has 0 aliphatic heterocycles. The molecule has 7 heteroatoms. The Morgan fingerprint density at radius 3 is 2.72 bits per heavy atom. The monoisotopic (exact) mass is 415 g/mol. The minimum atomic E-state index is -0.611. The number of aliphatic hydroxyl groups excluding tert-OH is 1. The largest absolute Gasteiger partial charge is 0.479 e. The lowest BCUT2D eigenvalue weighted by molar-refractivity contribution is 0.0233. The first-order valence-electron chi connectivity index (χ1n) is 9.50. The predicted octanol–water partition coefficient (Wildman–Crippen LogP) is 3.50. The number of aliphatic hydroxyl groups is 1. The molecule has 0 saturated carbocycles. The molecular weight excluding hydrogens is 390 g/mol. The van der Waals surface area contributed by atoms with Crippen LogP contribution in [0.15, 0.2) is 36.5 Å². The highest BCUT2D eigenvalue weighted by Crippen LogP contribution is 2.36. The molecule has 1 amide bonds. The molecule has 2 unspecified atom stereocenters. The topological polar surface area (TPSA) is 67.1 Å². The van der Waals surface area contributed by atoms with Gasteiger partial charge in [0.15, 0.2) is 11.4 Å². The van der Waals surface area contributed by atoms with Crippen molar-refractivity contribution in [1.82, 2.24) is 14.3 Å². The lowest BCUT2D eigenvalue weighted by Gasteiger charge is -2.31. The number of aromatic nitrogens is 2. The van der Waals surface area contributed by atoms with Crippen LogP contribution in [0.25, 0.3) is 5.65 Å². The van der Waals surface area contributed by atoms with E-state index in [0.29, 0.717) is 23.4 Å². The quantitative estimate of drug-likeness (QED) is 0.710. The van der Waals surface area contributed by atoms with Crippen LogP contribution in [0.5, 0.6) is 5.75 Å². The van der Waals surface area contributed by atoms with Crippen LogP contribution in [0.2, 0.25) is 0 Å². The normalized spacial score (nSPS) is 18.1. The molecular formula is C22H26ClN3O3. The summed E-state index contributed by atoms with van der Waals surface area (Å²) in [5.41, 5.74) is 5.18. The second-order valence-electron chi connectivity index (χ2n) is 7.61. The Morgan fingerprint density at radius 2 is 2.00 bits per heavy atom. The average molecular weight is 416 g/mol. The molecule has 4 rings (SSSR count). The summed E-state index contributed by atoms with van der Waals surface area (Å²) < 4.78 is 8.23. The molecule has 1 aromatic carbocycles. The third-order valence-electron chi connectivity index (χ3n) is 5.49. The Kier molecular flexibility index (Phi) is 5.87. The molecule has 154 valence electrons. The molecule has 1 aliphatic carbocycles. The lowest BCUT2D eigenvalue weighted by atomic mass is 9.87. The smallest absolute Gasteiger partial charge is 0.254 e. The molecule has 6 nitrogen and oxygen atoms in total. The van der Waals surface area contributed by atoms with Crippen molar-refractivity contribution in [2.24, 2.45) is 0 Å². The second kappa shape index (κ2) is 8.05. The molecule has 1 N–H and O–H groups in total. The number of hydrogen-bond donors (Lipinski definition) is 1. The standard InChI is InChI=1S/C22H25N3O3.ClH/c1-13-14(2)25-12-16(22(27)24(3)4)11-19(21(25)23-13)28-20-17-8-6-5-7-15(17)9-10-18(20)26;/h5-8,11-12,18,20,26H,9-10H2,1-4H3;1H. The zero-order valence-electron chi connectivity index (χ0n) is 17.0. The van der Waals surface area contributed by atoms with E-state index in [-0.39, 0.29) is 18.3 Å². The third-order valence-corrected chi connectivity index (χ3v) is 5.49. The molecule has 0 bridgehead atoms. The van der Waals surface area contributed by atoms with Crippen molar-refractivity contribution in [2.75, 3.05) is 14.1 Å². The fourth-order valence-electron chi connectivity index (χ4n) is 3.78. The van der Waals surface area contributed by atoms with Crippen LogP contribution in [-0.4, -0.2) is 45.5 Å². The summed E-state index contributed by atoms with van der Waals surface area (Å²) in [6.07, 6.45) is 2.16. The maximum atomic E-state index is 12.6. The van der Waals surface area contributed by atoms with E-state index in [1.807, 2.05) is 36.4 Å². The molecule has 0 fully saturated rings. The Labute approximate surface area is 176 Å². The number of pyridine rings is 1. The van der Waals surface area contributed by atoms with Crippen molar-refractivity contribution in [2.45, 2.75) is 38.9 Å². The van der Waals surface area contributed by atoms with Crippen LogP contribution in [0, 0.1) is 13.8 Å². The Bertz CT molecular complexity index is 1060. The van der Waals surface area contributed by atoms with E-state index >= 15 is 0 Å². The summed E-state index contributed by atoms with van der Waals surface area (Å²) in [6, 6.07) is 9.76.